The highest BCUT2D eigenvalue weighted by Crippen LogP contribution is 2.30. The van der Waals surface area contributed by atoms with Crippen molar-refractivity contribution >= 4 is 40.8 Å². The Morgan fingerprint density at radius 2 is 1.76 bits per heavy atom. The van der Waals surface area contributed by atoms with Gasteiger partial charge in [-0.05, 0) is 31.0 Å². The first-order valence-electron chi connectivity index (χ1n) is 6.43. The van der Waals surface area contributed by atoms with Crippen LogP contribution in [0.4, 0.5) is 5.69 Å². The van der Waals surface area contributed by atoms with E-state index < -0.39 is 24.0 Å². The molecule has 0 bridgehead atoms. The molecule has 1 rings (SSSR count). The quantitative estimate of drug-likeness (QED) is 0.868. The molecule has 0 fully saturated rings. The van der Waals surface area contributed by atoms with Crippen LogP contribution in [0, 0.1) is 5.92 Å². The van der Waals surface area contributed by atoms with E-state index in [4.69, 9.17) is 28.9 Å². The first-order valence-corrected chi connectivity index (χ1v) is 7.19. The molecule has 21 heavy (non-hydrogen) atoms. The Bertz CT molecular complexity index is 547. The van der Waals surface area contributed by atoms with E-state index in [1.807, 2.05) is 0 Å². The van der Waals surface area contributed by atoms with Crippen molar-refractivity contribution in [2.45, 2.75) is 32.9 Å². The molecule has 1 amide bonds. The maximum Gasteiger partial charge on any atom is 0.327 e. The minimum atomic E-state index is -1.11. The van der Waals surface area contributed by atoms with Gasteiger partial charge in [0, 0.05) is 5.69 Å². The molecule has 2 unspecified atom stereocenters. The zero-order chi connectivity index (χ0) is 16.3. The predicted molar refractivity (Wildman–Crippen MR) is 83.9 cm³/mol. The number of halogens is 2. The second kappa shape index (κ2) is 7.11. The van der Waals surface area contributed by atoms with Crippen LogP contribution in [0.3, 0.4) is 0 Å². The first-order chi connectivity index (χ1) is 9.66. The molecule has 0 spiro atoms. The molecule has 2 atom stereocenters. The molecule has 116 valence electrons. The Kier molecular flexibility index (Phi) is 6.01. The average molecular weight is 333 g/mol. The van der Waals surface area contributed by atoms with Gasteiger partial charge in [0.1, 0.15) is 6.04 Å². The molecule has 0 saturated heterocycles. The highest BCUT2D eigenvalue weighted by Gasteiger charge is 2.34. The lowest BCUT2D eigenvalue weighted by Crippen LogP contribution is -2.53. The van der Waals surface area contributed by atoms with Gasteiger partial charge in [0.15, 0.2) is 0 Å². The largest absolute Gasteiger partial charge is 0.480 e. The molecule has 3 N–H and O–H groups in total. The lowest BCUT2D eigenvalue weighted by molar-refractivity contribution is -0.141. The number of carbonyl (C=O) groups excluding carboxylic acids is 1. The maximum absolute atomic E-state index is 12.4. The molecule has 1 aromatic carbocycles. The summed E-state index contributed by atoms with van der Waals surface area (Å²) < 4.78 is 0. The number of carboxylic acid groups (broad SMARTS) is 1. The van der Waals surface area contributed by atoms with Crippen LogP contribution in [0.25, 0.3) is 0 Å². The van der Waals surface area contributed by atoms with Crippen molar-refractivity contribution < 1.29 is 14.7 Å². The minimum absolute atomic E-state index is 0.240. The summed E-state index contributed by atoms with van der Waals surface area (Å²) in [5, 5.41) is 10.0. The molecule has 0 aliphatic rings. The zero-order valence-corrected chi connectivity index (χ0v) is 13.5. The van der Waals surface area contributed by atoms with E-state index in [1.54, 1.807) is 19.9 Å². The average Bonchev–Trinajstić information content (AvgIpc) is 2.37. The molecule has 0 aromatic heterocycles. The maximum atomic E-state index is 12.4. The number of hydrogen-bond acceptors (Lipinski definition) is 3. The monoisotopic (exact) mass is 332 g/mol. The molecular weight excluding hydrogens is 315 g/mol. The summed E-state index contributed by atoms with van der Waals surface area (Å²) in [6.07, 6.45) is 0. The van der Waals surface area contributed by atoms with Crippen molar-refractivity contribution in [2.75, 3.05) is 4.90 Å². The third-order valence-electron chi connectivity index (χ3n) is 2.97. The van der Waals surface area contributed by atoms with E-state index >= 15 is 0 Å². The fourth-order valence-corrected chi connectivity index (χ4v) is 2.27. The Labute approximate surface area is 133 Å². The first kappa shape index (κ1) is 17.8. The highest BCUT2D eigenvalue weighted by atomic mass is 35.5. The molecule has 0 aliphatic carbocycles. The number of aliphatic carboxylic acids is 1. The van der Waals surface area contributed by atoms with Gasteiger partial charge in [-0.15, -0.1) is 0 Å². The Morgan fingerprint density at radius 3 is 2.14 bits per heavy atom. The number of rotatable bonds is 5. The van der Waals surface area contributed by atoms with Crippen LogP contribution in [0.1, 0.15) is 20.8 Å². The molecular formula is C14H18Cl2N2O3. The normalized spacial score (nSPS) is 13.9. The topological polar surface area (TPSA) is 83.6 Å². The van der Waals surface area contributed by atoms with E-state index in [0.717, 1.165) is 0 Å². The number of carboxylic acids is 1. The van der Waals surface area contributed by atoms with Gasteiger partial charge in [0.2, 0.25) is 5.91 Å². The van der Waals surface area contributed by atoms with Gasteiger partial charge in [0.05, 0.1) is 16.1 Å². The SMILES string of the molecule is CC(N)C(=O)N(c1ccc(Cl)c(Cl)c1)C(C(=O)O)C(C)C. The minimum Gasteiger partial charge on any atom is -0.480 e. The van der Waals surface area contributed by atoms with Crippen molar-refractivity contribution in [3.8, 4) is 0 Å². The summed E-state index contributed by atoms with van der Waals surface area (Å²) in [5.41, 5.74) is 5.99. The number of nitrogens with two attached hydrogens (primary N) is 1. The molecule has 5 nitrogen and oxygen atoms in total. The van der Waals surface area contributed by atoms with Crippen LogP contribution >= 0.6 is 23.2 Å². The fourth-order valence-electron chi connectivity index (χ4n) is 1.97. The Hall–Kier alpha value is -1.30. The predicted octanol–water partition coefficient (Wildman–Crippen LogP) is 2.78. The van der Waals surface area contributed by atoms with Gasteiger partial charge in [-0.2, -0.15) is 0 Å². The summed E-state index contributed by atoms with van der Waals surface area (Å²) in [6.45, 7) is 4.95. The molecule has 7 heteroatoms. The van der Waals surface area contributed by atoms with Gasteiger partial charge < -0.3 is 10.8 Å². The third-order valence-corrected chi connectivity index (χ3v) is 3.71. The van der Waals surface area contributed by atoms with E-state index in [9.17, 15) is 14.7 Å². The molecule has 0 radical (unpaired) electrons. The summed E-state index contributed by atoms with van der Waals surface area (Å²) in [6, 6.07) is 2.65. The van der Waals surface area contributed by atoms with E-state index in [0.29, 0.717) is 10.7 Å². The number of anilines is 1. The number of hydrogen-bond donors (Lipinski definition) is 2. The Balaban J connectivity index is 3.40. The summed E-state index contributed by atoms with van der Waals surface area (Å²) in [7, 11) is 0. The van der Waals surface area contributed by atoms with E-state index in [-0.39, 0.29) is 10.9 Å². The smallest absolute Gasteiger partial charge is 0.327 e. The van der Waals surface area contributed by atoms with Crippen LogP contribution in [0.15, 0.2) is 18.2 Å². The van der Waals surface area contributed by atoms with Crippen molar-refractivity contribution in [2.24, 2.45) is 11.7 Å². The summed E-state index contributed by atoms with van der Waals surface area (Å²) in [4.78, 5) is 25.1. The van der Waals surface area contributed by atoms with Gasteiger partial charge >= 0.3 is 5.97 Å². The third kappa shape index (κ3) is 4.09. The molecule has 0 saturated carbocycles. The van der Waals surface area contributed by atoms with Crippen LogP contribution in [-0.4, -0.2) is 29.1 Å². The van der Waals surface area contributed by atoms with Gasteiger partial charge in [-0.3, -0.25) is 9.69 Å². The lowest BCUT2D eigenvalue weighted by Gasteiger charge is -2.32. The highest BCUT2D eigenvalue weighted by molar-refractivity contribution is 6.42. The molecule has 0 aliphatic heterocycles. The van der Waals surface area contributed by atoms with Crippen molar-refractivity contribution in [3.63, 3.8) is 0 Å². The van der Waals surface area contributed by atoms with Crippen molar-refractivity contribution in [3.05, 3.63) is 28.2 Å². The number of carbonyl (C=O) groups is 2. The van der Waals surface area contributed by atoms with Gasteiger partial charge in [0.25, 0.3) is 0 Å². The van der Waals surface area contributed by atoms with Crippen LogP contribution in [0.2, 0.25) is 10.0 Å². The zero-order valence-electron chi connectivity index (χ0n) is 12.0. The van der Waals surface area contributed by atoms with Gasteiger partial charge in [-0.25, -0.2) is 4.79 Å². The van der Waals surface area contributed by atoms with Crippen LogP contribution in [0.5, 0.6) is 0 Å². The molecule has 0 heterocycles. The molecule has 1 aromatic rings. The lowest BCUT2D eigenvalue weighted by atomic mass is 10.0. The van der Waals surface area contributed by atoms with E-state index in [1.165, 1.54) is 24.0 Å². The summed E-state index contributed by atoms with van der Waals surface area (Å²) in [5.74, 6) is -1.90. The number of benzene rings is 1. The summed E-state index contributed by atoms with van der Waals surface area (Å²) >= 11 is 11.8. The van der Waals surface area contributed by atoms with Crippen LogP contribution < -0.4 is 10.6 Å². The standard InChI is InChI=1S/C14H18Cl2N2O3/c1-7(2)12(14(20)21)18(13(19)8(3)17)9-4-5-10(15)11(16)6-9/h4-8,12H,17H2,1-3H3,(H,20,21). The van der Waals surface area contributed by atoms with E-state index in [2.05, 4.69) is 0 Å². The van der Waals surface area contributed by atoms with Crippen molar-refractivity contribution in [1.82, 2.24) is 0 Å². The van der Waals surface area contributed by atoms with Crippen molar-refractivity contribution in [1.29, 1.82) is 0 Å². The van der Waals surface area contributed by atoms with Gasteiger partial charge in [-0.1, -0.05) is 37.0 Å². The number of nitrogens with zero attached hydrogens (tertiary/aromatic N) is 1. The van der Waals surface area contributed by atoms with Crippen LogP contribution in [-0.2, 0) is 9.59 Å². The second-order valence-corrected chi connectivity index (χ2v) is 5.94. The number of amides is 1. The second-order valence-electron chi connectivity index (χ2n) is 5.12. The Morgan fingerprint density at radius 1 is 1.19 bits per heavy atom. The fraction of sp³-hybridized carbons (Fsp3) is 0.429.